The lowest BCUT2D eigenvalue weighted by atomic mass is 9.95. The van der Waals surface area contributed by atoms with Crippen LogP contribution in [-0.4, -0.2) is 33.5 Å². The second kappa shape index (κ2) is 6.17. The van der Waals surface area contributed by atoms with Gasteiger partial charge in [-0.1, -0.05) is 24.3 Å². The van der Waals surface area contributed by atoms with Gasteiger partial charge in [0.1, 0.15) is 17.2 Å². The fourth-order valence-corrected chi connectivity index (χ4v) is 4.38. The zero-order chi connectivity index (χ0) is 19.4. The highest BCUT2D eigenvalue weighted by Crippen LogP contribution is 2.45. The number of hydrogen-bond acceptors (Lipinski definition) is 3. The van der Waals surface area contributed by atoms with Gasteiger partial charge in [0.2, 0.25) is 0 Å². The number of halogens is 1. The molecule has 0 saturated carbocycles. The molecule has 1 aliphatic rings. The molecule has 3 aromatic carbocycles. The maximum Gasteiger partial charge on any atom is 0.274 e. The van der Waals surface area contributed by atoms with E-state index in [9.17, 15) is 15.0 Å². The second-order valence-corrected chi connectivity index (χ2v) is 7.40. The molecule has 1 unspecified atom stereocenters. The Kier molecular flexibility index (Phi) is 3.74. The first-order valence-corrected chi connectivity index (χ1v) is 9.54. The molecule has 0 fully saturated rings. The van der Waals surface area contributed by atoms with Crippen molar-refractivity contribution in [1.29, 1.82) is 0 Å². The molecule has 1 amide bonds. The van der Waals surface area contributed by atoms with E-state index in [4.69, 9.17) is 11.6 Å². The van der Waals surface area contributed by atoms with E-state index in [-0.39, 0.29) is 23.3 Å². The summed E-state index contributed by atoms with van der Waals surface area (Å²) in [6.07, 6.45) is 0. The number of alkyl halides is 1. The Balaban J connectivity index is 1.65. The summed E-state index contributed by atoms with van der Waals surface area (Å²) >= 11 is 6.24. The van der Waals surface area contributed by atoms with Gasteiger partial charge in [0.05, 0.1) is 5.69 Å². The van der Waals surface area contributed by atoms with Gasteiger partial charge in [0.25, 0.3) is 5.91 Å². The molecule has 2 heterocycles. The molecule has 0 spiro atoms. The Labute approximate surface area is 165 Å². The van der Waals surface area contributed by atoms with E-state index >= 15 is 0 Å². The van der Waals surface area contributed by atoms with E-state index in [1.54, 1.807) is 35.2 Å². The number of fused-ring (bicyclic) bond motifs is 4. The summed E-state index contributed by atoms with van der Waals surface area (Å²) < 4.78 is 0. The van der Waals surface area contributed by atoms with Crippen LogP contribution >= 0.6 is 11.6 Å². The van der Waals surface area contributed by atoms with Gasteiger partial charge in [0.15, 0.2) is 0 Å². The maximum atomic E-state index is 13.3. The molecule has 0 aliphatic carbocycles. The quantitative estimate of drug-likeness (QED) is 0.432. The number of carbonyl (C=O) groups excluding carboxylic acids is 1. The zero-order valence-electron chi connectivity index (χ0n) is 14.8. The van der Waals surface area contributed by atoms with Crippen molar-refractivity contribution in [3.05, 3.63) is 65.9 Å². The molecule has 5 nitrogen and oxygen atoms in total. The number of hydrogen-bond donors (Lipinski definition) is 3. The smallest absolute Gasteiger partial charge is 0.274 e. The number of rotatable bonds is 2. The molecular weight excluding hydrogens is 376 g/mol. The highest BCUT2D eigenvalue weighted by atomic mass is 35.5. The number of nitrogens with one attached hydrogen (secondary N) is 1. The number of phenolic OH excluding ortho intramolecular Hbond substituents is 2. The SMILES string of the molecule is O=C(c1cc2cc(O)ccc2[nH]1)N1CC(CCl)c2c1cc(O)c1ccccc21. The Morgan fingerprint density at radius 2 is 1.89 bits per heavy atom. The summed E-state index contributed by atoms with van der Waals surface area (Å²) in [5.74, 6) is 0.463. The van der Waals surface area contributed by atoms with Crippen LogP contribution in [0.1, 0.15) is 22.0 Å². The number of H-pyrrole nitrogens is 1. The number of anilines is 1. The minimum atomic E-state index is -0.195. The summed E-state index contributed by atoms with van der Waals surface area (Å²) in [7, 11) is 0. The normalized spacial score (nSPS) is 16.0. The molecule has 0 radical (unpaired) electrons. The van der Waals surface area contributed by atoms with Crippen LogP contribution in [0, 0.1) is 0 Å². The van der Waals surface area contributed by atoms with Crippen molar-refractivity contribution < 1.29 is 15.0 Å². The Bertz CT molecular complexity index is 1250. The van der Waals surface area contributed by atoms with Crippen molar-refractivity contribution in [1.82, 2.24) is 4.98 Å². The minimum Gasteiger partial charge on any atom is -0.508 e. The molecule has 5 rings (SSSR count). The van der Waals surface area contributed by atoms with E-state index < -0.39 is 0 Å². The van der Waals surface area contributed by atoms with Crippen molar-refractivity contribution in [2.24, 2.45) is 0 Å². The third-order valence-corrected chi connectivity index (χ3v) is 5.78. The molecule has 1 aromatic heterocycles. The van der Waals surface area contributed by atoms with Crippen LogP contribution in [0.2, 0.25) is 0 Å². The third kappa shape index (κ3) is 2.43. The fourth-order valence-electron chi connectivity index (χ4n) is 4.13. The van der Waals surface area contributed by atoms with Crippen LogP contribution in [-0.2, 0) is 0 Å². The lowest BCUT2D eigenvalue weighted by Crippen LogP contribution is -2.30. The van der Waals surface area contributed by atoms with Crippen LogP contribution in [0.3, 0.4) is 0 Å². The van der Waals surface area contributed by atoms with E-state index in [1.807, 2.05) is 24.3 Å². The van der Waals surface area contributed by atoms with Gasteiger partial charge in [-0.2, -0.15) is 0 Å². The Hall–Kier alpha value is -3.18. The largest absolute Gasteiger partial charge is 0.508 e. The van der Waals surface area contributed by atoms with Crippen LogP contribution in [0.25, 0.3) is 21.7 Å². The predicted octanol–water partition coefficient (Wildman–Crippen LogP) is 4.72. The van der Waals surface area contributed by atoms with Crippen LogP contribution in [0.15, 0.2) is 54.6 Å². The number of benzene rings is 3. The zero-order valence-corrected chi connectivity index (χ0v) is 15.6. The first kappa shape index (κ1) is 17.0. The molecule has 140 valence electrons. The molecule has 1 aliphatic heterocycles. The number of phenols is 2. The highest BCUT2D eigenvalue weighted by Gasteiger charge is 2.35. The molecule has 0 saturated heterocycles. The number of aromatic hydroxyl groups is 2. The molecule has 0 bridgehead atoms. The van der Waals surface area contributed by atoms with Gasteiger partial charge in [0, 0.05) is 40.7 Å². The predicted molar refractivity (Wildman–Crippen MR) is 111 cm³/mol. The lowest BCUT2D eigenvalue weighted by molar-refractivity contribution is 0.0984. The van der Waals surface area contributed by atoms with Crippen molar-refractivity contribution in [3.8, 4) is 11.5 Å². The molecule has 4 aromatic rings. The molecular formula is C22H17ClN2O3. The van der Waals surface area contributed by atoms with E-state index in [2.05, 4.69) is 4.98 Å². The summed E-state index contributed by atoms with van der Waals surface area (Å²) in [6.45, 7) is 0.450. The van der Waals surface area contributed by atoms with Crippen molar-refractivity contribution in [2.75, 3.05) is 17.3 Å². The first-order valence-electron chi connectivity index (χ1n) is 9.01. The summed E-state index contributed by atoms with van der Waals surface area (Å²) in [5, 5.41) is 22.6. The van der Waals surface area contributed by atoms with Gasteiger partial charge in [-0.25, -0.2) is 0 Å². The molecule has 28 heavy (non-hydrogen) atoms. The van der Waals surface area contributed by atoms with Crippen LogP contribution in [0.5, 0.6) is 11.5 Å². The van der Waals surface area contributed by atoms with Crippen LogP contribution < -0.4 is 4.90 Å². The monoisotopic (exact) mass is 392 g/mol. The third-order valence-electron chi connectivity index (χ3n) is 5.41. The highest BCUT2D eigenvalue weighted by molar-refractivity contribution is 6.19. The topological polar surface area (TPSA) is 76.6 Å². The number of amides is 1. The number of carbonyl (C=O) groups is 1. The number of nitrogens with zero attached hydrogens (tertiary/aromatic N) is 1. The molecule has 6 heteroatoms. The van der Waals surface area contributed by atoms with Gasteiger partial charge >= 0.3 is 0 Å². The van der Waals surface area contributed by atoms with E-state index in [1.165, 1.54) is 0 Å². The molecule has 1 atom stereocenters. The van der Waals surface area contributed by atoms with Gasteiger partial charge in [-0.05, 0) is 35.2 Å². The Morgan fingerprint density at radius 1 is 1.11 bits per heavy atom. The van der Waals surface area contributed by atoms with Gasteiger partial charge in [-0.3, -0.25) is 4.79 Å². The molecule has 3 N–H and O–H groups in total. The standard InChI is InChI=1S/C22H17ClN2O3/c23-10-13-11-25(19-9-20(27)15-3-1-2-4-16(15)21(13)19)22(28)18-8-12-7-14(26)5-6-17(12)24-18/h1-9,13,24,26-27H,10-11H2. The average molecular weight is 393 g/mol. The first-order chi connectivity index (χ1) is 13.6. The number of aromatic amines is 1. The summed E-state index contributed by atoms with van der Waals surface area (Å²) in [4.78, 5) is 18.1. The van der Waals surface area contributed by atoms with E-state index in [0.717, 1.165) is 27.2 Å². The van der Waals surface area contributed by atoms with Crippen molar-refractivity contribution in [3.63, 3.8) is 0 Å². The fraction of sp³-hybridized carbons (Fsp3) is 0.136. The second-order valence-electron chi connectivity index (χ2n) is 7.10. The summed E-state index contributed by atoms with van der Waals surface area (Å²) in [5.41, 5.74) is 2.88. The van der Waals surface area contributed by atoms with Gasteiger partial charge < -0.3 is 20.1 Å². The lowest BCUT2D eigenvalue weighted by Gasteiger charge is -2.17. The average Bonchev–Trinajstić information content (AvgIpc) is 3.28. The van der Waals surface area contributed by atoms with Crippen molar-refractivity contribution >= 4 is 44.9 Å². The van der Waals surface area contributed by atoms with E-state index in [0.29, 0.717) is 23.8 Å². The van der Waals surface area contributed by atoms with Crippen LogP contribution in [0.4, 0.5) is 5.69 Å². The summed E-state index contributed by atoms with van der Waals surface area (Å²) in [6, 6.07) is 15.9. The van der Waals surface area contributed by atoms with Crippen molar-refractivity contribution in [2.45, 2.75) is 5.92 Å². The number of aromatic nitrogens is 1. The minimum absolute atomic E-state index is 0.0143. The Morgan fingerprint density at radius 3 is 2.68 bits per heavy atom. The van der Waals surface area contributed by atoms with Gasteiger partial charge in [-0.15, -0.1) is 11.6 Å². The maximum absolute atomic E-state index is 13.3.